The molecule has 0 aromatic rings. The SMILES string of the molecule is CO[CH]C(=O)NC1CCCCCC1. The fourth-order valence-electron chi connectivity index (χ4n) is 1.77. The van der Waals surface area contributed by atoms with Crippen LogP contribution in [0.25, 0.3) is 0 Å². The standard InChI is InChI=1S/C10H18NO2/c1-13-8-10(12)11-9-6-4-2-3-5-7-9/h8-9H,2-7H2,1H3,(H,11,12). The Bertz CT molecular complexity index is 151. The molecular weight excluding hydrogens is 166 g/mol. The normalized spacial score (nSPS) is 19.5. The molecule has 13 heavy (non-hydrogen) atoms. The molecule has 3 nitrogen and oxygen atoms in total. The molecule has 3 heteroatoms. The van der Waals surface area contributed by atoms with Crippen molar-refractivity contribution in [3.05, 3.63) is 6.61 Å². The second-order valence-corrected chi connectivity index (χ2v) is 3.55. The number of rotatable bonds is 3. The summed E-state index contributed by atoms with van der Waals surface area (Å²) in [7, 11) is 1.49. The van der Waals surface area contributed by atoms with Crippen LogP contribution in [-0.4, -0.2) is 19.1 Å². The van der Waals surface area contributed by atoms with Crippen LogP contribution in [0.3, 0.4) is 0 Å². The number of carbonyl (C=O) groups excluding carboxylic acids is 1. The van der Waals surface area contributed by atoms with E-state index in [4.69, 9.17) is 0 Å². The Morgan fingerprint density at radius 1 is 1.31 bits per heavy atom. The molecule has 0 saturated heterocycles. The first kappa shape index (κ1) is 10.5. The second kappa shape index (κ2) is 5.97. The summed E-state index contributed by atoms with van der Waals surface area (Å²) in [6, 6.07) is 0.362. The number of hydrogen-bond acceptors (Lipinski definition) is 2. The Morgan fingerprint density at radius 2 is 1.92 bits per heavy atom. The van der Waals surface area contributed by atoms with E-state index < -0.39 is 0 Å². The number of carbonyl (C=O) groups is 1. The summed E-state index contributed by atoms with van der Waals surface area (Å²) in [6.07, 6.45) is 7.31. The van der Waals surface area contributed by atoms with Crippen LogP contribution < -0.4 is 5.32 Å². The van der Waals surface area contributed by atoms with Crippen molar-refractivity contribution in [1.82, 2.24) is 5.32 Å². The van der Waals surface area contributed by atoms with Crippen LogP contribution in [-0.2, 0) is 9.53 Å². The van der Waals surface area contributed by atoms with Gasteiger partial charge in [-0.05, 0) is 12.8 Å². The van der Waals surface area contributed by atoms with Gasteiger partial charge in [-0.15, -0.1) is 0 Å². The van der Waals surface area contributed by atoms with Crippen LogP contribution >= 0.6 is 0 Å². The van der Waals surface area contributed by atoms with Crippen molar-refractivity contribution >= 4 is 5.91 Å². The lowest BCUT2D eigenvalue weighted by Crippen LogP contribution is -2.34. The minimum Gasteiger partial charge on any atom is -0.368 e. The zero-order chi connectivity index (χ0) is 9.52. The van der Waals surface area contributed by atoms with Gasteiger partial charge in [0.1, 0.15) is 0 Å². The van der Waals surface area contributed by atoms with Crippen molar-refractivity contribution in [3.8, 4) is 0 Å². The molecular formula is C10H18NO2. The van der Waals surface area contributed by atoms with Gasteiger partial charge in [-0.2, -0.15) is 0 Å². The molecule has 1 rings (SSSR count). The predicted molar refractivity (Wildman–Crippen MR) is 50.9 cm³/mol. The molecule has 0 aromatic heterocycles. The molecule has 1 fully saturated rings. The van der Waals surface area contributed by atoms with Crippen LogP contribution in [0, 0.1) is 6.61 Å². The van der Waals surface area contributed by atoms with E-state index in [-0.39, 0.29) is 5.91 Å². The Labute approximate surface area is 79.8 Å². The molecule has 0 aromatic carbocycles. The van der Waals surface area contributed by atoms with Crippen LogP contribution in [0.4, 0.5) is 0 Å². The van der Waals surface area contributed by atoms with Crippen molar-refractivity contribution in [2.75, 3.05) is 7.11 Å². The van der Waals surface area contributed by atoms with Gasteiger partial charge in [0.05, 0.1) is 0 Å². The highest BCUT2D eigenvalue weighted by molar-refractivity contribution is 5.83. The molecule has 1 N–H and O–H groups in total. The van der Waals surface area contributed by atoms with Crippen LogP contribution in [0.15, 0.2) is 0 Å². The lowest BCUT2D eigenvalue weighted by Gasteiger charge is -2.15. The summed E-state index contributed by atoms with van der Waals surface area (Å²) in [6.45, 7) is 1.23. The monoisotopic (exact) mass is 184 g/mol. The third-order valence-electron chi connectivity index (χ3n) is 2.43. The van der Waals surface area contributed by atoms with Gasteiger partial charge in [0.25, 0.3) is 5.91 Å². The van der Waals surface area contributed by atoms with Gasteiger partial charge < -0.3 is 10.1 Å². The van der Waals surface area contributed by atoms with Crippen molar-refractivity contribution < 1.29 is 9.53 Å². The summed E-state index contributed by atoms with van der Waals surface area (Å²) >= 11 is 0. The Hall–Kier alpha value is -0.570. The highest BCUT2D eigenvalue weighted by Gasteiger charge is 2.14. The zero-order valence-corrected chi connectivity index (χ0v) is 8.21. The molecule has 75 valence electrons. The molecule has 1 aliphatic rings. The number of hydrogen-bond donors (Lipinski definition) is 1. The highest BCUT2D eigenvalue weighted by atomic mass is 16.5. The van der Waals surface area contributed by atoms with Crippen molar-refractivity contribution in [3.63, 3.8) is 0 Å². The first-order valence-corrected chi connectivity index (χ1v) is 4.99. The maximum Gasteiger partial charge on any atom is 0.252 e. The number of methoxy groups -OCH3 is 1. The lowest BCUT2D eigenvalue weighted by molar-refractivity contribution is -0.121. The minimum atomic E-state index is -0.102. The lowest BCUT2D eigenvalue weighted by atomic mass is 10.1. The van der Waals surface area contributed by atoms with Gasteiger partial charge in [-0.3, -0.25) is 4.79 Å². The van der Waals surface area contributed by atoms with Crippen molar-refractivity contribution in [1.29, 1.82) is 0 Å². The summed E-state index contributed by atoms with van der Waals surface area (Å²) in [5.74, 6) is -0.102. The third kappa shape index (κ3) is 4.27. The maximum absolute atomic E-state index is 11.1. The van der Waals surface area contributed by atoms with Gasteiger partial charge in [-0.25, -0.2) is 0 Å². The number of amides is 1. The molecule has 0 unspecified atom stereocenters. The van der Waals surface area contributed by atoms with Crippen molar-refractivity contribution in [2.45, 2.75) is 44.6 Å². The van der Waals surface area contributed by atoms with Gasteiger partial charge in [-0.1, -0.05) is 25.7 Å². The Kier molecular flexibility index (Phi) is 4.83. The zero-order valence-electron chi connectivity index (χ0n) is 8.21. The summed E-state index contributed by atoms with van der Waals surface area (Å²) in [5, 5.41) is 2.94. The van der Waals surface area contributed by atoms with Crippen LogP contribution in [0.5, 0.6) is 0 Å². The summed E-state index contributed by atoms with van der Waals surface area (Å²) < 4.78 is 4.64. The van der Waals surface area contributed by atoms with Crippen molar-refractivity contribution in [2.24, 2.45) is 0 Å². The molecule has 1 aliphatic carbocycles. The fourth-order valence-corrected chi connectivity index (χ4v) is 1.77. The van der Waals surface area contributed by atoms with Crippen LogP contribution in [0.2, 0.25) is 0 Å². The van der Waals surface area contributed by atoms with Gasteiger partial charge in [0, 0.05) is 13.2 Å². The number of ether oxygens (including phenoxy) is 1. The largest absolute Gasteiger partial charge is 0.368 e. The van der Waals surface area contributed by atoms with E-state index >= 15 is 0 Å². The third-order valence-corrected chi connectivity index (χ3v) is 2.43. The number of nitrogens with one attached hydrogen (secondary N) is 1. The molecule has 1 saturated carbocycles. The Balaban J connectivity index is 2.21. The van der Waals surface area contributed by atoms with E-state index in [1.54, 1.807) is 0 Å². The van der Waals surface area contributed by atoms with E-state index in [0.717, 1.165) is 12.8 Å². The van der Waals surface area contributed by atoms with Gasteiger partial charge in [0.15, 0.2) is 6.61 Å². The quantitative estimate of drug-likeness (QED) is 0.677. The van der Waals surface area contributed by atoms with E-state index in [2.05, 4.69) is 10.1 Å². The predicted octanol–water partition coefficient (Wildman–Crippen LogP) is 1.63. The smallest absolute Gasteiger partial charge is 0.252 e. The second-order valence-electron chi connectivity index (χ2n) is 3.55. The van der Waals surface area contributed by atoms with Gasteiger partial charge >= 0.3 is 0 Å². The summed E-state index contributed by atoms with van der Waals surface area (Å²) in [4.78, 5) is 11.1. The summed E-state index contributed by atoms with van der Waals surface area (Å²) in [5.41, 5.74) is 0. The molecule has 0 heterocycles. The van der Waals surface area contributed by atoms with Crippen LogP contribution in [0.1, 0.15) is 38.5 Å². The van der Waals surface area contributed by atoms with E-state index in [0.29, 0.717) is 6.04 Å². The fraction of sp³-hybridized carbons (Fsp3) is 0.800. The molecule has 1 amide bonds. The topological polar surface area (TPSA) is 38.3 Å². The first-order chi connectivity index (χ1) is 6.33. The minimum absolute atomic E-state index is 0.102. The first-order valence-electron chi connectivity index (χ1n) is 4.99. The maximum atomic E-state index is 11.1. The Morgan fingerprint density at radius 3 is 2.46 bits per heavy atom. The van der Waals surface area contributed by atoms with Gasteiger partial charge in [0.2, 0.25) is 0 Å². The molecule has 0 aliphatic heterocycles. The molecule has 0 spiro atoms. The highest BCUT2D eigenvalue weighted by Crippen LogP contribution is 2.17. The van der Waals surface area contributed by atoms with E-state index in [9.17, 15) is 4.79 Å². The average Bonchev–Trinajstić information content (AvgIpc) is 2.33. The molecule has 0 atom stereocenters. The van der Waals surface area contributed by atoms with E-state index in [1.165, 1.54) is 39.4 Å². The molecule has 0 bridgehead atoms. The average molecular weight is 184 g/mol. The molecule has 1 radical (unpaired) electrons. The van der Waals surface area contributed by atoms with E-state index in [1.807, 2.05) is 0 Å².